The van der Waals surface area contributed by atoms with Gasteiger partial charge in [-0.15, -0.1) is 11.3 Å². The van der Waals surface area contributed by atoms with Gasteiger partial charge in [-0.1, -0.05) is 23.2 Å². The first-order valence-corrected chi connectivity index (χ1v) is 9.60. The fourth-order valence-electron chi connectivity index (χ4n) is 2.81. The zero-order chi connectivity index (χ0) is 17.1. The first-order chi connectivity index (χ1) is 11.5. The van der Waals surface area contributed by atoms with E-state index < -0.39 is 0 Å². The molecule has 0 atom stereocenters. The molecule has 3 rings (SSSR count). The van der Waals surface area contributed by atoms with Gasteiger partial charge in [-0.3, -0.25) is 4.79 Å². The normalized spacial score (nSPS) is 15.5. The second-order valence-corrected chi connectivity index (χ2v) is 7.54. The van der Waals surface area contributed by atoms with Crippen LogP contribution >= 0.6 is 34.5 Å². The van der Waals surface area contributed by atoms with E-state index >= 15 is 0 Å². The lowest BCUT2D eigenvalue weighted by Crippen LogP contribution is -2.27. The number of aromatic nitrogens is 1. The standard InChI is InChI=1S/C17H19Cl2N3OS/c1-12-11-24-17(20-15-6-5-13(18)10-14(15)19)22(12)9-3-8-21-7-2-4-16(21)23/h5-6,10-11H,2-4,7-9H2,1H3. The maximum absolute atomic E-state index is 11.7. The van der Waals surface area contributed by atoms with Crippen LogP contribution in [0.15, 0.2) is 28.6 Å². The second-order valence-electron chi connectivity index (χ2n) is 5.86. The first kappa shape index (κ1) is 17.5. The highest BCUT2D eigenvalue weighted by molar-refractivity contribution is 7.07. The minimum absolute atomic E-state index is 0.278. The Morgan fingerprint density at radius 1 is 1.29 bits per heavy atom. The van der Waals surface area contributed by atoms with Crippen molar-refractivity contribution in [1.29, 1.82) is 0 Å². The van der Waals surface area contributed by atoms with Crippen LogP contribution in [0.5, 0.6) is 0 Å². The van der Waals surface area contributed by atoms with Gasteiger partial charge >= 0.3 is 0 Å². The number of hydrogen-bond donors (Lipinski definition) is 0. The summed E-state index contributed by atoms with van der Waals surface area (Å²) >= 11 is 13.7. The molecule has 1 saturated heterocycles. The van der Waals surface area contributed by atoms with E-state index in [1.807, 2.05) is 11.0 Å². The summed E-state index contributed by atoms with van der Waals surface area (Å²) in [5.74, 6) is 0.278. The van der Waals surface area contributed by atoms with E-state index in [9.17, 15) is 4.79 Å². The van der Waals surface area contributed by atoms with Crippen molar-refractivity contribution < 1.29 is 4.79 Å². The average molecular weight is 384 g/mol. The molecule has 0 bridgehead atoms. The highest BCUT2D eigenvalue weighted by Gasteiger charge is 2.19. The molecule has 0 N–H and O–H groups in total. The Kier molecular flexibility index (Phi) is 5.64. The number of hydrogen-bond acceptors (Lipinski definition) is 3. The molecule has 0 spiro atoms. The van der Waals surface area contributed by atoms with Gasteiger partial charge in [0.2, 0.25) is 5.91 Å². The zero-order valence-electron chi connectivity index (χ0n) is 13.5. The number of thiazole rings is 1. The molecule has 2 aromatic rings. The summed E-state index contributed by atoms with van der Waals surface area (Å²) in [6.07, 6.45) is 2.60. The highest BCUT2D eigenvalue weighted by atomic mass is 35.5. The molecule has 1 aliphatic rings. The van der Waals surface area contributed by atoms with Crippen molar-refractivity contribution in [3.8, 4) is 0 Å². The van der Waals surface area contributed by atoms with Crippen molar-refractivity contribution in [1.82, 2.24) is 9.47 Å². The third kappa shape index (κ3) is 4.02. The largest absolute Gasteiger partial charge is 0.343 e. The van der Waals surface area contributed by atoms with Crippen LogP contribution in [0.25, 0.3) is 0 Å². The molecular weight excluding hydrogens is 365 g/mol. The molecule has 0 saturated carbocycles. The van der Waals surface area contributed by atoms with Crippen LogP contribution in [-0.4, -0.2) is 28.5 Å². The SMILES string of the molecule is Cc1csc(=Nc2ccc(Cl)cc2Cl)n1CCCN1CCCC1=O. The number of likely N-dealkylation sites (tertiary alicyclic amines) is 1. The van der Waals surface area contributed by atoms with Gasteiger partial charge in [0.25, 0.3) is 0 Å². The molecule has 2 heterocycles. The summed E-state index contributed by atoms with van der Waals surface area (Å²) in [5, 5.41) is 3.23. The minimum atomic E-state index is 0.278. The second kappa shape index (κ2) is 7.72. The van der Waals surface area contributed by atoms with Crippen LogP contribution in [0.1, 0.15) is 25.0 Å². The summed E-state index contributed by atoms with van der Waals surface area (Å²) in [4.78, 5) is 19.2. The molecule has 7 heteroatoms. The van der Waals surface area contributed by atoms with Gasteiger partial charge in [0.05, 0.1) is 10.7 Å². The Hall–Kier alpha value is -1.30. The van der Waals surface area contributed by atoms with Crippen LogP contribution in [0.2, 0.25) is 10.0 Å². The highest BCUT2D eigenvalue weighted by Crippen LogP contribution is 2.27. The summed E-state index contributed by atoms with van der Waals surface area (Å²) in [7, 11) is 0. The van der Waals surface area contributed by atoms with Crippen LogP contribution in [0, 0.1) is 6.92 Å². The van der Waals surface area contributed by atoms with Crippen LogP contribution in [-0.2, 0) is 11.3 Å². The van der Waals surface area contributed by atoms with E-state index in [1.54, 1.807) is 23.5 Å². The molecule has 1 aromatic heterocycles. The monoisotopic (exact) mass is 383 g/mol. The zero-order valence-corrected chi connectivity index (χ0v) is 15.8. The van der Waals surface area contributed by atoms with Gasteiger partial charge in [0, 0.05) is 42.2 Å². The predicted molar refractivity (Wildman–Crippen MR) is 99.2 cm³/mol. The predicted octanol–water partition coefficient (Wildman–Crippen LogP) is 4.41. The molecule has 4 nitrogen and oxygen atoms in total. The van der Waals surface area contributed by atoms with Crippen LogP contribution in [0.3, 0.4) is 0 Å². The van der Waals surface area contributed by atoms with Gasteiger partial charge < -0.3 is 9.47 Å². The first-order valence-electron chi connectivity index (χ1n) is 7.97. The molecule has 128 valence electrons. The van der Waals surface area contributed by atoms with Crippen molar-refractivity contribution in [2.45, 2.75) is 32.7 Å². The Bertz CT molecular complexity index is 812. The average Bonchev–Trinajstić information content (AvgIpc) is 3.10. The Labute approximate surface area is 155 Å². The lowest BCUT2D eigenvalue weighted by Gasteiger charge is -2.15. The number of benzene rings is 1. The number of nitrogens with zero attached hydrogens (tertiary/aromatic N) is 3. The molecule has 1 fully saturated rings. The Morgan fingerprint density at radius 2 is 2.12 bits per heavy atom. The van der Waals surface area contributed by atoms with Crippen molar-refractivity contribution in [2.75, 3.05) is 13.1 Å². The van der Waals surface area contributed by atoms with Gasteiger partial charge in [0.1, 0.15) is 0 Å². The van der Waals surface area contributed by atoms with Gasteiger partial charge in [-0.25, -0.2) is 4.99 Å². The molecule has 1 aliphatic heterocycles. The summed E-state index contributed by atoms with van der Waals surface area (Å²) < 4.78 is 2.18. The van der Waals surface area contributed by atoms with E-state index in [4.69, 9.17) is 23.2 Å². The van der Waals surface area contributed by atoms with Crippen LogP contribution in [0.4, 0.5) is 5.69 Å². The molecule has 0 radical (unpaired) electrons. The summed E-state index contributed by atoms with van der Waals surface area (Å²) in [6, 6.07) is 5.31. The van der Waals surface area contributed by atoms with Gasteiger partial charge in [0.15, 0.2) is 4.80 Å². The third-order valence-corrected chi connectivity index (χ3v) is 5.62. The molecule has 0 aliphatic carbocycles. The van der Waals surface area contributed by atoms with E-state index in [-0.39, 0.29) is 5.91 Å². The van der Waals surface area contributed by atoms with E-state index in [2.05, 4.69) is 21.9 Å². The van der Waals surface area contributed by atoms with Gasteiger partial charge in [-0.2, -0.15) is 0 Å². The molecule has 1 aromatic carbocycles. The maximum Gasteiger partial charge on any atom is 0.222 e. The number of carbonyl (C=O) groups excluding carboxylic acids is 1. The Balaban J connectivity index is 1.75. The molecule has 0 unspecified atom stereocenters. The molecule has 1 amide bonds. The third-order valence-electron chi connectivity index (χ3n) is 4.10. The summed E-state index contributed by atoms with van der Waals surface area (Å²) in [6.45, 7) is 4.61. The smallest absolute Gasteiger partial charge is 0.222 e. The lowest BCUT2D eigenvalue weighted by molar-refractivity contribution is -0.127. The Morgan fingerprint density at radius 3 is 2.83 bits per heavy atom. The van der Waals surface area contributed by atoms with Crippen molar-refractivity contribution in [3.05, 3.63) is 44.1 Å². The van der Waals surface area contributed by atoms with E-state index in [1.165, 1.54) is 0 Å². The fourth-order valence-corrected chi connectivity index (χ4v) is 4.18. The quantitative estimate of drug-likeness (QED) is 0.753. The maximum atomic E-state index is 11.7. The van der Waals surface area contributed by atoms with Crippen molar-refractivity contribution >= 4 is 46.1 Å². The van der Waals surface area contributed by atoms with Crippen LogP contribution < -0.4 is 4.80 Å². The number of halogens is 2. The molecule has 24 heavy (non-hydrogen) atoms. The van der Waals surface area contributed by atoms with E-state index in [0.29, 0.717) is 22.2 Å². The van der Waals surface area contributed by atoms with E-state index in [0.717, 1.165) is 43.0 Å². The van der Waals surface area contributed by atoms with Crippen molar-refractivity contribution in [3.63, 3.8) is 0 Å². The number of rotatable bonds is 5. The topological polar surface area (TPSA) is 37.6 Å². The summed E-state index contributed by atoms with van der Waals surface area (Å²) in [5.41, 5.74) is 1.88. The minimum Gasteiger partial charge on any atom is -0.343 e. The van der Waals surface area contributed by atoms with Gasteiger partial charge in [-0.05, 0) is 38.0 Å². The number of amides is 1. The molecular formula is C17H19Cl2N3OS. The lowest BCUT2D eigenvalue weighted by atomic mass is 10.3. The number of aryl methyl sites for hydroxylation is 1. The fraction of sp³-hybridized carbons (Fsp3) is 0.412. The van der Waals surface area contributed by atoms with Crippen molar-refractivity contribution in [2.24, 2.45) is 4.99 Å². The number of carbonyl (C=O) groups is 1.